The highest BCUT2D eigenvalue weighted by molar-refractivity contribution is 9.10. The van der Waals surface area contributed by atoms with Gasteiger partial charge in [-0.1, -0.05) is 31.4 Å². The lowest BCUT2D eigenvalue weighted by molar-refractivity contribution is 0.446. The van der Waals surface area contributed by atoms with Crippen molar-refractivity contribution in [2.75, 3.05) is 0 Å². The summed E-state index contributed by atoms with van der Waals surface area (Å²) in [5, 5.41) is 3.63. The summed E-state index contributed by atoms with van der Waals surface area (Å²) in [4.78, 5) is 1.31. The molecule has 1 unspecified atom stereocenters. The number of halogens is 2. The van der Waals surface area contributed by atoms with E-state index in [0.29, 0.717) is 6.04 Å². The summed E-state index contributed by atoms with van der Waals surface area (Å²) in [5.41, 5.74) is 0. The second-order valence-electron chi connectivity index (χ2n) is 4.50. The first-order valence-corrected chi connectivity index (χ1v) is 7.85. The van der Waals surface area contributed by atoms with E-state index in [0.717, 1.165) is 21.3 Å². The van der Waals surface area contributed by atoms with Crippen molar-refractivity contribution < 1.29 is 0 Å². The third-order valence-corrected chi connectivity index (χ3v) is 5.54. The molecule has 1 heterocycles. The molecule has 0 radical (unpaired) electrons. The summed E-state index contributed by atoms with van der Waals surface area (Å²) in [6, 6.07) is 2.79. The van der Waals surface area contributed by atoms with Gasteiger partial charge < -0.3 is 5.32 Å². The van der Waals surface area contributed by atoms with Gasteiger partial charge in [0.2, 0.25) is 0 Å². The monoisotopic (exact) mass is 321 g/mol. The number of hydrogen-bond donors (Lipinski definition) is 1. The molecule has 0 aromatic carbocycles. The summed E-state index contributed by atoms with van der Waals surface area (Å²) in [5.74, 6) is 0.996. The van der Waals surface area contributed by atoms with E-state index in [9.17, 15) is 0 Å². The highest BCUT2D eigenvalue weighted by Gasteiger charge is 2.24. The van der Waals surface area contributed by atoms with Crippen LogP contribution in [-0.2, 0) is 6.54 Å². The summed E-state index contributed by atoms with van der Waals surface area (Å²) < 4.78 is 1.87. The summed E-state index contributed by atoms with van der Waals surface area (Å²) in [7, 11) is 0. The van der Waals surface area contributed by atoms with E-state index < -0.39 is 0 Å². The number of hydrogen-bond acceptors (Lipinski definition) is 2. The second-order valence-corrected chi connectivity index (χ2v) is 7.09. The maximum Gasteiger partial charge on any atom is 0.107 e. The van der Waals surface area contributed by atoms with Gasteiger partial charge in [-0.15, -0.1) is 11.3 Å². The molecule has 1 saturated carbocycles. The normalized spacial score (nSPS) is 17.7. The van der Waals surface area contributed by atoms with Gasteiger partial charge in [-0.3, -0.25) is 0 Å². The Kier molecular flexibility index (Phi) is 4.71. The minimum atomic E-state index is 0.673. The van der Waals surface area contributed by atoms with Crippen molar-refractivity contribution >= 4 is 38.9 Å². The first kappa shape index (κ1) is 12.9. The van der Waals surface area contributed by atoms with Crippen LogP contribution >= 0.6 is 38.9 Å². The van der Waals surface area contributed by atoms with Crippen LogP contribution in [0.15, 0.2) is 10.5 Å². The molecule has 0 aliphatic heterocycles. The van der Waals surface area contributed by atoms with Gasteiger partial charge in [0, 0.05) is 21.9 Å². The van der Waals surface area contributed by atoms with Gasteiger partial charge in [-0.05, 0) is 40.8 Å². The molecule has 1 aliphatic rings. The molecule has 1 fully saturated rings. The summed E-state index contributed by atoms with van der Waals surface area (Å²) in [6.45, 7) is 3.21. The fourth-order valence-electron chi connectivity index (χ4n) is 1.87. The van der Waals surface area contributed by atoms with E-state index in [4.69, 9.17) is 11.6 Å². The molecule has 2 rings (SSSR count). The van der Waals surface area contributed by atoms with Gasteiger partial charge in [0.15, 0.2) is 0 Å². The first-order chi connectivity index (χ1) is 7.69. The molecule has 0 saturated heterocycles. The third kappa shape index (κ3) is 3.73. The summed E-state index contributed by atoms with van der Waals surface area (Å²) in [6.07, 6.45) is 5.44. The van der Waals surface area contributed by atoms with Crippen molar-refractivity contribution in [3.8, 4) is 0 Å². The van der Waals surface area contributed by atoms with Crippen LogP contribution in [-0.4, -0.2) is 6.04 Å². The molecule has 90 valence electrons. The predicted molar refractivity (Wildman–Crippen MR) is 75.3 cm³/mol. The molecule has 1 nitrogen and oxygen atoms in total. The van der Waals surface area contributed by atoms with E-state index >= 15 is 0 Å². The average Bonchev–Trinajstić information content (AvgIpc) is 3.01. The largest absolute Gasteiger partial charge is 0.309 e. The molecule has 1 aromatic rings. The quantitative estimate of drug-likeness (QED) is 0.791. The fourth-order valence-corrected chi connectivity index (χ4v) is 3.62. The van der Waals surface area contributed by atoms with Gasteiger partial charge in [0.05, 0.1) is 0 Å². The lowest BCUT2D eigenvalue weighted by atomic mass is 10.1. The van der Waals surface area contributed by atoms with Crippen molar-refractivity contribution in [2.24, 2.45) is 5.92 Å². The summed E-state index contributed by atoms with van der Waals surface area (Å²) >= 11 is 11.1. The van der Waals surface area contributed by atoms with Crippen LogP contribution in [0.1, 0.15) is 37.5 Å². The van der Waals surface area contributed by atoms with Gasteiger partial charge in [-0.25, -0.2) is 0 Å². The van der Waals surface area contributed by atoms with Crippen LogP contribution in [0.25, 0.3) is 0 Å². The van der Waals surface area contributed by atoms with Crippen LogP contribution < -0.4 is 5.32 Å². The highest BCUT2D eigenvalue weighted by Crippen LogP contribution is 2.35. The van der Waals surface area contributed by atoms with Crippen molar-refractivity contribution in [3.63, 3.8) is 0 Å². The Morgan fingerprint density at radius 3 is 2.88 bits per heavy atom. The molecule has 0 amide bonds. The average molecular weight is 323 g/mol. The lowest BCUT2D eigenvalue weighted by Crippen LogP contribution is -2.28. The van der Waals surface area contributed by atoms with Gasteiger partial charge in [0.25, 0.3) is 0 Å². The zero-order valence-electron chi connectivity index (χ0n) is 9.43. The molecule has 1 N–H and O–H groups in total. The van der Waals surface area contributed by atoms with E-state index in [1.54, 1.807) is 11.3 Å². The van der Waals surface area contributed by atoms with Gasteiger partial charge in [0.1, 0.15) is 4.34 Å². The van der Waals surface area contributed by atoms with Crippen LogP contribution in [0.3, 0.4) is 0 Å². The van der Waals surface area contributed by atoms with Gasteiger partial charge >= 0.3 is 0 Å². The highest BCUT2D eigenvalue weighted by atomic mass is 79.9. The molecule has 16 heavy (non-hydrogen) atoms. The topological polar surface area (TPSA) is 12.0 Å². The van der Waals surface area contributed by atoms with E-state index in [1.165, 1.54) is 30.6 Å². The minimum Gasteiger partial charge on any atom is -0.309 e. The molecule has 0 spiro atoms. The molecule has 4 heteroatoms. The van der Waals surface area contributed by atoms with Crippen LogP contribution in [0.2, 0.25) is 4.34 Å². The Hall–Kier alpha value is 0.430. The van der Waals surface area contributed by atoms with Crippen molar-refractivity contribution in [2.45, 2.75) is 45.2 Å². The van der Waals surface area contributed by atoms with Crippen LogP contribution in [0.5, 0.6) is 0 Å². The van der Waals surface area contributed by atoms with Gasteiger partial charge in [-0.2, -0.15) is 0 Å². The van der Waals surface area contributed by atoms with E-state index in [-0.39, 0.29) is 0 Å². The standard InChI is InChI=1S/C12H17BrClNS/c1-2-9(5-8-3-4-8)15-7-10-6-11(13)12(14)16-10/h6,8-9,15H,2-5,7H2,1H3. The molecular weight excluding hydrogens is 306 g/mol. The number of thiophene rings is 1. The Morgan fingerprint density at radius 1 is 1.62 bits per heavy atom. The van der Waals surface area contributed by atoms with E-state index in [2.05, 4.69) is 34.2 Å². The molecular formula is C12H17BrClNS. The zero-order chi connectivity index (χ0) is 11.5. The number of nitrogens with one attached hydrogen (secondary N) is 1. The van der Waals surface area contributed by atoms with Crippen LogP contribution in [0, 0.1) is 5.92 Å². The van der Waals surface area contributed by atoms with Crippen molar-refractivity contribution in [1.82, 2.24) is 5.32 Å². The SMILES string of the molecule is CCC(CC1CC1)NCc1cc(Br)c(Cl)s1. The lowest BCUT2D eigenvalue weighted by Gasteiger charge is -2.15. The Labute approximate surface area is 115 Å². The number of rotatable bonds is 6. The van der Waals surface area contributed by atoms with Crippen molar-refractivity contribution in [1.29, 1.82) is 0 Å². The van der Waals surface area contributed by atoms with E-state index in [1.807, 2.05) is 0 Å². The third-order valence-electron chi connectivity index (χ3n) is 3.07. The van der Waals surface area contributed by atoms with Crippen LogP contribution in [0.4, 0.5) is 0 Å². The molecule has 1 aromatic heterocycles. The second kappa shape index (κ2) is 5.85. The maximum absolute atomic E-state index is 6.02. The molecule has 1 atom stereocenters. The Morgan fingerprint density at radius 2 is 2.38 bits per heavy atom. The Balaban J connectivity index is 1.79. The molecule has 1 aliphatic carbocycles. The molecule has 0 bridgehead atoms. The maximum atomic E-state index is 6.02. The smallest absolute Gasteiger partial charge is 0.107 e. The Bertz CT molecular complexity index is 329. The minimum absolute atomic E-state index is 0.673. The van der Waals surface area contributed by atoms with Crippen molar-refractivity contribution in [3.05, 3.63) is 19.8 Å². The fraction of sp³-hybridized carbons (Fsp3) is 0.667. The first-order valence-electron chi connectivity index (χ1n) is 5.86. The zero-order valence-corrected chi connectivity index (χ0v) is 12.6. The predicted octanol–water partition coefficient (Wildman–Crippen LogP) is 4.83.